The molecule has 3 rings (SSSR count). The van der Waals surface area contributed by atoms with Gasteiger partial charge in [-0.2, -0.15) is 0 Å². The summed E-state index contributed by atoms with van der Waals surface area (Å²) in [5.74, 6) is 0.0254. The predicted molar refractivity (Wildman–Crippen MR) is 87.0 cm³/mol. The molecule has 1 atom stereocenters. The second-order valence-corrected chi connectivity index (χ2v) is 5.90. The van der Waals surface area contributed by atoms with Crippen molar-refractivity contribution in [3.8, 4) is 0 Å². The van der Waals surface area contributed by atoms with Crippen LogP contribution in [0.1, 0.15) is 22.6 Å². The Hall–Kier alpha value is -2.29. The molecule has 0 bridgehead atoms. The SMILES string of the molecule is Cc1ccc2c(c1)[C@@H](Cc1ccc(N(C)C)cc1)C(=O)N2. The highest BCUT2D eigenvalue weighted by Gasteiger charge is 2.30. The standard InChI is InChI=1S/C18H20N2O/c1-12-4-9-17-15(10-12)16(18(21)19-17)11-13-5-7-14(8-6-13)20(2)3/h4-10,16H,11H2,1-3H3,(H,19,21)/t16-/m1/s1. The van der Waals surface area contributed by atoms with Crippen LogP contribution in [-0.4, -0.2) is 20.0 Å². The fraction of sp³-hybridized carbons (Fsp3) is 0.278. The predicted octanol–water partition coefficient (Wildman–Crippen LogP) is 3.34. The zero-order chi connectivity index (χ0) is 15.0. The molecule has 0 unspecified atom stereocenters. The molecule has 3 heteroatoms. The highest BCUT2D eigenvalue weighted by atomic mass is 16.2. The number of carbonyl (C=O) groups is 1. The lowest BCUT2D eigenvalue weighted by molar-refractivity contribution is -0.117. The van der Waals surface area contributed by atoms with Gasteiger partial charge in [0.1, 0.15) is 0 Å². The van der Waals surface area contributed by atoms with Crippen molar-refractivity contribution >= 4 is 17.3 Å². The van der Waals surface area contributed by atoms with Crippen molar-refractivity contribution in [2.75, 3.05) is 24.3 Å². The Kier molecular flexibility index (Phi) is 3.42. The molecule has 3 nitrogen and oxygen atoms in total. The second kappa shape index (κ2) is 5.24. The van der Waals surface area contributed by atoms with Crippen LogP contribution in [-0.2, 0) is 11.2 Å². The Bertz CT molecular complexity index is 674. The van der Waals surface area contributed by atoms with Gasteiger partial charge in [-0.25, -0.2) is 0 Å². The molecule has 2 aromatic rings. The van der Waals surface area contributed by atoms with E-state index in [0.717, 1.165) is 17.7 Å². The lowest BCUT2D eigenvalue weighted by Crippen LogP contribution is -2.14. The maximum absolute atomic E-state index is 12.2. The van der Waals surface area contributed by atoms with Crippen LogP contribution < -0.4 is 10.2 Å². The van der Waals surface area contributed by atoms with E-state index in [-0.39, 0.29) is 11.8 Å². The zero-order valence-electron chi connectivity index (χ0n) is 12.7. The van der Waals surface area contributed by atoms with E-state index in [9.17, 15) is 4.79 Å². The third-order valence-corrected chi connectivity index (χ3v) is 4.05. The van der Waals surface area contributed by atoms with Gasteiger partial charge in [0.15, 0.2) is 0 Å². The molecule has 0 spiro atoms. The van der Waals surface area contributed by atoms with Crippen molar-refractivity contribution in [3.05, 3.63) is 59.2 Å². The molecule has 0 radical (unpaired) electrons. The highest BCUT2D eigenvalue weighted by molar-refractivity contribution is 6.03. The number of benzene rings is 2. The minimum Gasteiger partial charge on any atom is -0.378 e. The molecule has 1 amide bonds. The van der Waals surface area contributed by atoms with E-state index >= 15 is 0 Å². The van der Waals surface area contributed by atoms with E-state index in [4.69, 9.17) is 0 Å². The van der Waals surface area contributed by atoms with Crippen LogP contribution in [0.4, 0.5) is 11.4 Å². The summed E-state index contributed by atoms with van der Waals surface area (Å²) in [5, 5.41) is 2.98. The van der Waals surface area contributed by atoms with Crippen molar-refractivity contribution < 1.29 is 4.79 Å². The van der Waals surface area contributed by atoms with Gasteiger partial charge in [-0.1, -0.05) is 29.8 Å². The lowest BCUT2D eigenvalue weighted by atomic mass is 9.92. The quantitative estimate of drug-likeness (QED) is 0.935. The molecule has 0 aromatic heterocycles. The van der Waals surface area contributed by atoms with E-state index in [2.05, 4.69) is 47.5 Å². The molecule has 1 N–H and O–H groups in total. The van der Waals surface area contributed by atoms with Gasteiger partial charge in [0.05, 0.1) is 5.92 Å². The number of anilines is 2. The largest absolute Gasteiger partial charge is 0.378 e. The summed E-state index contributed by atoms with van der Waals surface area (Å²) in [6, 6.07) is 14.6. The molecule has 1 heterocycles. The number of nitrogens with zero attached hydrogens (tertiary/aromatic N) is 1. The van der Waals surface area contributed by atoms with Crippen molar-refractivity contribution in [3.63, 3.8) is 0 Å². The van der Waals surface area contributed by atoms with Crippen molar-refractivity contribution in [2.24, 2.45) is 0 Å². The average molecular weight is 280 g/mol. The zero-order valence-corrected chi connectivity index (χ0v) is 12.7. The Morgan fingerprint density at radius 1 is 1.10 bits per heavy atom. The summed E-state index contributed by atoms with van der Waals surface area (Å²) in [4.78, 5) is 14.3. The number of nitrogens with one attached hydrogen (secondary N) is 1. The first-order valence-corrected chi connectivity index (χ1v) is 7.22. The fourth-order valence-electron chi connectivity index (χ4n) is 2.81. The van der Waals surface area contributed by atoms with Gasteiger partial charge in [0.25, 0.3) is 0 Å². The summed E-state index contributed by atoms with van der Waals surface area (Å²) in [6.45, 7) is 2.06. The third-order valence-electron chi connectivity index (χ3n) is 4.05. The van der Waals surface area contributed by atoms with Gasteiger partial charge in [-0.3, -0.25) is 4.79 Å². The lowest BCUT2D eigenvalue weighted by Gasteiger charge is -2.14. The molecular formula is C18H20N2O. The number of hydrogen-bond donors (Lipinski definition) is 1. The van der Waals surface area contributed by atoms with Crippen LogP contribution in [0.15, 0.2) is 42.5 Å². The monoisotopic (exact) mass is 280 g/mol. The Morgan fingerprint density at radius 3 is 2.48 bits per heavy atom. The number of fused-ring (bicyclic) bond motifs is 1. The summed E-state index contributed by atoms with van der Waals surface area (Å²) in [6.07, 6.45) is 0.746. The molecule has 1 aliphatic heterocycles. The number of rotatable bonds is 3. The smallest absolute Gasteiger partial charge is 0.232 e. The number of amides is 1. The van der Waals surface area contributed by atoms with Crippen LogP contribution in [0.25, 0.3) is 0 Å². The average Bonchev–Trinajstić information content (AvgIpc) is 2.76. The number of hydrogen-bond acceptors (Lipinski definition) is 2. The van der Waals surface area contributed by atoms with E-state index in [1.807, 2.05) is 26.2 Å². The van der Waals surface area contributed by atoms with Crippen molar-refractivity contribution in [1.82, 2.24) is 0 Å². The van der Waals surface area contributed by atoms with Crippen LogP contribution in [0.3, 0.4) is 0 Å². The Balaban J connectivity index is 1.85. The summed E-state index contributed by atoms with van der Waals surface area (Å²) < 4.78 is 0. The molecule has 0 fully saturated rings. The van der Waals surface area contributed by atoms with E-state index in [0.29, 0.717) is 0 Å². The van der Waals surface area contributed by atoms with Gasteiger partial charge in [-0.15, -0.1) is 0 Å². The van der Waals surface area contributed by atoms with Crippen LogP contribution >= 0.6 is 0 Å². The van der Waals surface area contributed by atoms with Crippen LogP contribution in [0, 0.1) is 6.92 Å². The summed E-state index contributed by atoms with van der Waals surface area (Å²) >= 11 is 0. The molecule has 0 aliphatic carbocycles. The van der Waals surface area contributed by atoms with E-state index < -0.39 is 0 Å². The van der Waals surface area contributed by atoms with Gasteiger partial charge >= 0.3 is 0 Å². The van der Waals surface area contributed by atoms with Crippen molar-refractivity contribution in [1.29, 1.82) is 0 Å². The molecule has 0 saturated carbocycles. The molecule has 1 aliphatic rings. The number of carbonyl (C=O) groups excluding carboxylic acids is 1. The maximum atomic E-state index is 12.2. The minimum absolute atomic E-state index is 0.0786. The molecule has 2 aromatic carbocycles. The molecular weight excluding hydrogens is 260 g/mol. The highest BCUT2D eigenvalue weighted by Crippen LogP contribution is 2.35. The summed E-state index contributed by atoms with van der Waals surface area (Å²) in [7, 11) is 4.05. The Labute approximate surface area is 125 Å². The van der Waals surface area contributed by atoms with Gasteiger partial charge in [0.2, 0.25) is 5.91 Å². The first kappa shape index (κ1) is 13.7. The third kappa shape index (κ3) is 2.64. The topological polar surface area (TPSA) is 32.3 Å². The van der Waals surface area contributed by atoms with Gasteiger partial charge in [0, 0.05) is 25.5 Å². The summed E-state index contributed by atoms with van der Waals surface area (Å²) in [5.41, 5.74) is 5.64. The minimum atomic E-state index is -0.0786. The second-order valence-electron chi connectivity index (χ2n) is 5.90. The Morgan fingerprint density at radius 2 is 1.81 bits per heavy atom. The number of aryl methyl sites for hydroxylation is 1. The fourth-order valence-corrected chi connectivity index (χ4v) is 2.81. The molecule has 21 heavy (non-hydrogen) atoms. The molecule has 108 valence electrons. The van der Waals surface area contributed by atoms with Crippen LogP contribution in [0.5, 0.6) is 0 Å². The maximum Gasteiger partial charge on any atom is 0.232 e. The molecule has 0 saturated heterocycles. The first-order chi connectivity index (χ1) is 10.0. The normalized spacial score (nSPS) is 16.5. The first-order valence-electron chi connectivity index (χ1n) is 7.22. The van der Waals surface area contributed by atoms with E-state index in [1.54, 1.807) is 0 Å². The van der Waals surface area contributed by atoms with Crippen molar-refractivity contribution in [2.45, 2.75) is 19.3 Å². The van der Waals surface area contributed by atoms with Gasteiger partial charge in [-0.05, 0) is 42.7 Å². The van der Waals surface area contributed by atoms with E-state index in [1.165, 1.54) is 16.8 Å². The van der Waals surface area contributed by atoms with Gasteiger partial charge < -0.3 is 10.2 Å². The van der Waals surface area contributed by atoms with Crippen LogP contribution in [0.2, 0.25) is 0 Å².